The third-order valence-corrected chi connectivity index (χ3v) is 4.06. The van der Waals surface area contributed by atoms with Gasteiger partial charge in [0.2, 0.25) is 0 Å². The molecule has 0 saturated carbocycles. The maximum atomic E-state index is 11.2. The van der Waals surface area contributed by atoms with Gasteiger partial charge in [-0.05, 0) is 5.56 Å². The van der Waals surface area contributed by atoms with Gasteiger partial charge in [0.15, 0.2) is 0 Å². The average molecular weight is 278 g/mol. The lowest BCUT2D eigenvalue weighted by Gasteiger charge is -2.14. The van der Waals surface area contributed by atoms with Crippen molar-refractivity contribution in [3.8, 4) is 0 Å². The minimum Gasteiger partial charge on any atom is -0.333 e. The highest BCUT2D eigenvalue weighted by Gasteiger charge is 2.14. The van der Waals surface area contributed by atoms with E-state index in [0.717, 1.165) is 5.82 Å². The van der Waals surface area contributed by atoms with Crippen LogP contribution in [0.25, 0.3) is 0 Å². The zero-order valence-electron chi connectivity index (χ0n) is 11.2. The van der Waals surface area contributed by atoms with Gasteiger partial charge in [0.05, 0.1) is 5.75 Å². The Labute approximate surface area is 114 Å². The van der Waals surface area contributed by atoms with Crippen LogP contribution in [-0.4, -0.2) is 30.0 Å². The molecule has 1 aromatic carbocycles. The molecule has 4 nitrogen and oxygen atoms in total. The molecule has 1 heterocycles. The third-order valence-electron chi connectivity index (χ3n) is 3.14. The fourth-order valence-corrected chi connectivity index (χ4v) is 2.57. The van der Waals surface area contributed by atoms with E-state index in [9.17, 15) is 8.42 Å². The molecule has 0 N–H and O–H groups in total. The number of hydrogen-bond acceptors (Lipinski definition) is 3. The van der Waals surface area contributed by atoms with Gasteiger partial charge in [-0.1, -0.05) is 37.3 Å². The molecule has 2 aromatic rings. The van der Waals surface area contributed by atoms with Crippen molar-refractivity contribution in [2.75, 3.05) is 12.0 Å². The van der Waals surface area contributed by atoms with Crippen LogP contribution in [0.1, 0.15) is 24.2 Å². The second-order valence-corrected chi connectivity index (χ2v) is 7.00. The van der Waals surface area contributed by atoms with E-state index in [4.69, 9.17) is 0 Å². The number of sulfone groups is 1. The lowest BCUT2D eigenvalue weighted by Crippen LogP contribution is -2.14. The van der Waals surface area contributed by atoms with E-state index in [1.165, 1.54) is 11.8 Å². The fraction of sp³-hybridized carbons (Fsp3) is 0.357. The number of nitrogens with zero attached hydrogens (tertiary/aromatic N) is 2. The first kappa shape index (κ1) is 13.8. The summed E-state index contributed by atoms with van der Waals surface area (Å²) in [5.74, 6) is 1.18. The van der Waals surface area contributed by atoms with Crippen molar-refractivity contribution in [1.29, 1.82) is 0 Å². The van der Waals surface area contributed by atoms with Crippen molar-refractivity contribution in [3.63, 3.8) is 0 Å². The van der Waals surface area contributed by atoms with Crippen LogP contribution in [0.4, 0.5) is 0 Å². The molecule has 102 valence electrons. The van der Waals surface area contributed by atoms with Crippen molar-refractivity contribution in [2.45, 2.75) is 19.4 Å². The number of aryl methyl sites for hydroxylation is 1. The Morgan fingerprint density at radius 3 is 2.58 bits per heavy atom. The van der Waals surface area contributed by atoms with Gasteiger partial charge in [-0.2, -0.15) is 0 Å². The van der Waals surface area contributed by atoms with E-state index in [1.54, 1.807) is 6.20 Å². The molecule has 0 spiro atoms. The summed E-state index contributed by atoms with van der Waals surface area (Å²) in [6.07, 6.45) is 4.81. The maximum absolute atomic E-state index is 11.2. The number of imidazole rings is 1. The number of rotatable bonds is 5. The quantitative estimate of drug-likeness (QED) is 0.841. The SMILES string of the molecule is C[C@H](c1ccccc1)c1nccn1CCS(C)(=O)=O. The molecule has 2 rings (SSSR count). The minimum atomic E-state index is -2.96. The molecular formula is C14H18N2O2S. The molecule has 0 fully saturated rings. The predicted molar refractivity (Wildman–Crippen MR) is 75.9 cm³/mol. The first-order chi connectivity index (χ1) is 8.97. The van der Waals surface area contributed by atoms with Crippen LogP contribution in [0, 0.1) is 0 Å². The molecule has 0 bridgehead atoms. The summed E-state index contributed by atoms with van der Waals surface area (Å²) in [5, 5.41) is 0. The summed E-state index contributed by atoms with van der Waals surface area (Å²) >= 11 is 0. The molecule has 0 unspecified atom stereocenters. The largest absolute Gasteiger partial charge is 0.333 e. The van der Waals surface area contributed by atoms with E-state index in [0.29, 0.717) is 6.54 Å². The number of hydrogen-bond donors (Lipinski definition) is 0. The van der Waals surface area contributed by atoms with E-state index in [-0.39, 0.29) is 11.7 Å². The molecule has 0 aliphatic carbocycles. The van der Waals surface area contributed by atoms with Crippen LogP contribution < -0.4 is 0 Å². The molecule has 0 amide bonds. The Morgan fingerprint density at radius 2 is 1.95 bits per heavy atom. The molecule has 0 saturated heterocycles. The smallest absolute Gasteiger partial charge is 0.149 e. The zero-order chi connectivity index (χ0) is 13.9. The van der Waals surface area contributed by atoms with Gasteiger partial charge < -0.3 is 4.57 Å². The molecule has 0 radical (unpaired) electrons. The van der Waals surface area contributed by atoms with Crippen LogP contribution in [0.3, 0.4) is 0 Å². The summed E-state index contributed by atoms with van der Waals surface area (Å²) in [5.41, 5.74) is 1.18. The Morgan fingerprint density at radius 1 is 1.26 bits per heavy atom. The van der Waals surface area contributed by atoms with Gasteiger partial charge >= 0.3 is 0 Å². The standard InChI is InChI=1S/C14H18N2O2S/c1-12(13-6-4-3-5-7-13)14-15-8-9-16(14)10-11-19(2,17)18/h3-9,12H,10-11H2,1-2H3/t12-/m1/s1. The lowest BCUT2D eigenvalue weighted by molar-refractivity contribution is 0.590. The second-order valence-electron chi connectivity index (χ2n) is 4.74. The average Bonchev–Trinajstić information content (AvgIpc) is 2.84. The van der Waals surface area contributed by atoms with E-state index < -0.39 is 9.84 Å². The summed E-state index contributed by atoms with van der Waals surface area (Å²) in [4.78, 5) is 4.36. The third kappa shape index (κ3) is 3.67. The normalized spacial score (nSPS) is 13.4. The van der Waals surface area contributed by atoms with E-state index in [1.807, 2.05) is 29.0 Å². The maximum Gasteiger partial charge on any atom is 0.149 e. The molecule has 5 heteroatoms. The van der Waals surface area contributed by atoms with Gasteiger partial charge in [0.1, 0.15) is 15.7 Å². The van der Waals surface area contributed by atoms with E-state index in [2.05, 4.69) is 24.0 Å². The minimum absolute atomic E-state index is 0.137. The summed E-state index contributed by atoms with van der Waals surface area (Å²) in [6.45, 7) is 2.53. The summed E-state index contributed by atoms with van der Waals surface area (Å²) < 4.78 is 24.4. The molecule has 0 aliphatic rings. The van der Waals surface area contributed by atoms with Gasteiger partial charge in [0.25, 0.3) is 0 Å². The Bertz CT molecular complexity index is 632. The first-order valence-electron chi connectivity index (χ1n) is 6.21. The first-order valence-corrected chi connectivity index (χ1v) is 8.27. The zero-order valence-corrected chi connectivity index (χ0v) is 12.0. The van der Waals surface area contributed by atoms with Crippen LogP contribution in [-0.2, 0) is 16.4 Å². The molecule has 0 aliphatic heterocycles. The molecule has 19 heavy (non-hydrogen) atoms. The van der Waals surface area contributed by atoms with Gasteiger partial charge in [0, 0.05) is 31.1 Å². The van der Waals surface area contributed by atoms with Crippen LogP contribution in [0.15, 0.2) is 42.7 Å². The van der Waals surface area contributed by atoms with Crippen molar-refractivity contribution < 1.29 is 8.42 Å². The van der Waals surface area contributed by atoms with Crippen molar-refractivity contribution >= 4 is 9.84 Å². The van der Waals surface area contributed by atoms with Crippen LogP contribution >= 0.6 is 0 Å². The Kier molecular flexibility index (Phi) is 4.04. The van der Waals surface area contributed by atoms with Gasteiger partial charge in [-0.25, -0.2) is 13.4 Å². The highest BCUT2D eigenvalue weighted by Crippen LogP contribution is 2.22. The Hall–Kier alpha value is -1.62. The Balaban J connectivity index is 2.20. The highest BCUT2D eigenvalue weighted by atomic mass is 32.2. The number of aromatic nitrogens is 2. The number of benzene rings is 1. The summed E-state index contributed by atoms with van der Waals surface area (Å²) in [6, 6.07) is 10.1. The van der Waals surface area contributed by atoms with Gasteiger partial charge in [-0.3, -0.25) is 0 Å². The van der Waals surface area contributed by atoms with Crippen molar-refractivity contribution in [3.05, 3.63) is 54.1 Å². The molecule has 1 aromatic heterocycles. The van der Waals surface area contributed by atoms with Crippen molar-refractivity contribution in [2.24, 2.45) is 0 Å². The predicted octanol–water partition coefficient (Wildman–Crippen LogP) is 2.08. The molecular weight excluding hydrogens is 260 g/mol. The highest BCUT2D eigenvalue weighted by molar-refractivity contribution is 7.90. The summed E-state index contributed by atoms with van der Waals surface area (Å²) in [7, 11) is -2.96. The van der Waals surface area contributed by atoms with Crippen LogP contribution in [0.5, 0.6) is 0 Å². The molecule has 1 atom stereocenters. The second kappa shape index (κ2) is 5.57. The van der Waals surface area contributed by atoms with Gasteiger partial charge in [-0.15, -0.1) is 0 Å². The lowest BCUT2D eigenvalue weighted by atomic mass is 10.0. The van der Waals surface area contributed by atoms with E-state index >= 15 is 0 Å². The monoisotopic (exact) mass is 278 g/mol. The topological polar surface area (TPSA) is 52.0 Å². The fourth-order valence-electron chi connectivity index (χ4n) is 2.05. The van der Waals surface area contributed by atoms with Crippen LogP contribution in [0.2, 0.25) is 0 Å². The van der Waals surface area contributed by atoms with Crippen molar-refractivity contribution in [1.82, 2.24) is 9.55 Å².